The minimum Gasteiger partial charge on any atom is -0.342 e. The summed E-state index contributed by atoms with van der Waals surface area (Å²) >= 11 is 5.53. The molecule has 0 aromatic heterocycles. The summed E-state index contributed by atoms with van der Waals surface area (Å²) < 4.78 is 0. The molecule has 0 atom stereocenters. The maximum absolute atomic E-state index is 11.9. The molecule has 5 heteroatoms. The fourth-order valence-corrected chi connectivity index (χ4v) is 2.03. The van der Waals surface area contributed by atoms with E-state index in [0.717, 1.165) is 0 Å². The molecule has 1 heterocycles. The standard InChI is InChI=1S/C10H17ClN2O2/c1-10(2)9(15)12(3)6-7-13(10)8(14)4-5-11/h4-7H2,1-3H3. The first kappa shape index (κ1) is 12.3. The topological polar surface area (TPSA) is 40.6 Å². The number of likely N-dealkylation sites (N-methyl/N-ethyl adjacent to an activating group) is 1. The van der Waals surface area contributed by atoms with Gasteiger partial charge >= 0.3 is 0 Å². The smallest absolute Gasteiger partial charge is 0.247 e. The molecule has 0 radical (unpaired) electrons. The van der Waals surface area contributed by atoms with Crippen LogP contribution in [0.2, 0.25) is 0 Å². The summed E-state index contributed by atoms with van der Waals surface area (Å²) in [6.07, 6.45) is 0.294. The Kier molecular flexibility index (Phi) is 3.60. The predicted molar refractivity (Wildman–Crippen MR) is 58.8 cm³/mol. The number of halogens is 1. The Balaban J connectivity index is 2.82. The normalized spacial score (nSPS) is 20.7. The number of amides is 2. The van der Waals surface area contributed by atoms with Crippen LogP contribution in [0.25, 0.3) is 0 Å². The van der Waals surface area contributed by atoms with Crippen molar-refractivity contribution in [3.63, 3.8) is 0 Å². The monoisotopic (exact) mass is 232 g/mol. The Labute approximate surface area is 95.2 Å². The average Bonchev–Trinajstić information content (AvgIpc) is 2.14. The van der Waals surface area contributed by atoms with Crippen molar-refractivity contribution in [1.29, 1.82) is 0 Å². The molecule has 0 unspecified atom stereocenters. The van der Waals surface area contributed by atoms with E-state index in [2.05, 4.69) is 0 Å². The van der Waals surface area contributed by atoms with Gasteiger partial charge in [0.25, 0.3) is 0 Å². The Morgan fingerprint density at radius 1 is 1.47 bits per heavy atom. The molecule has 0 aromatic carbocycles. The van der Waals surface area contributed by atoms with E-state index < -0.39 is 5.54 Å². The average molecular weight is 233 g/mol. The fourth-order valence-electron chi connectivity index (χ4n) is 1.87. The summed E-state index contributed by atoms with van der Waals surface area (Å²) in [5.74, 6) is 0.239. The van der Waals surface area contributed by atoms with Gasteiger partial charge < -0.3 is 9.80 Å². The van der Waals surface area contributed by atoms with Crippen LogP contribution in [0, 0.1) is 0 Å². The van der Waals surface area contributed by atoms with Gasteiger partial charge in [-0.1, -0.05) is 0 Å². The molecule has 2 amide bonds. The summed E-state index contributed by atoms with van der Waals surface area (Å²) in [5, 5.41) is 0. The van der Waals surface area contributed by atoms with Gasteiger partial charge in [0.05, 0.1) is 0 Å². The number of carbonyl (C=O) groups is 2. The van der Waals surface area contributed by atoms with E-state index in [1.54, 1.807) is 30.7 Å². The maximum Gasteiger partial charge on any atom is 0.247 e. The minimum absolute atomic E-state index is 0.0170. The molecule has 1 fully saturated rings. The zero-order chi connectivity index (χ0) is 11.6. The molecular formula is C10H17ClN2O2. The van der Waals surface area contributed by atoms with E-state index in [1.165, 1.54) is 0 Å². The van der Waals surface area contributed by atoms with Crippen molar-refractivity contribution < 1.29 is 9.59 Å². The number of hydrogen-bond acceptors (Lipinski definition) is 2. The van der Waals surface area contributed by atoms with Crippen LogP contribution in [0.5, 0.6) is 0 Å². The number of piperazine rings is 1. The van der Waals surface area contributed by atoms with Gasteiger partial charge in [-0.05, 0) is 13.8 Å². The van der Waals surface area contributed by atoms with Gasteiger partial charge in [0.2, 0.25) is 11.8 Å². The van der Waals surface area contributed by atoms with Crippen LogP contribution in [0.3, 0.4) is 0 Å². The number of hydrogen-bond donors (Lipinski definition) is 0. The highest BCUT2D eigenvalue weighted by Gasteiger charge is 2.42. The lowest BCUT2D eigenvalue weighted by Gasteiger charge is -2.44. The Morgan fingerprint density at radius 2 is 2.07 bits per heavy atom. The number of rotatable bonds is 2. The molecule has 15 heavy (non-hydrogen) atoms. The van der Waals surface area contributed by atoms with Crippen LogP contribution in [0.1, 0.15) is 20.3 Å². The van der Waals surface area contributed by atoms with E-state index in [1.807, 2.05) is 0 Å². The van der Waals surface area contributed by atoms with E-state index in [9.17, 15) is 9.59 Å². The van der Waals surface area contributed by atoms with Gasteiger partial charge in [-0.25, -0.2) is 0 Å². The van der Waals surface area contributed by atoms with Crippen LogP contribution in [0.4, 0.5) is 0 Å². The van der Waals surface area contributed by atoms with Crippen LogP contribution in [-0.4, -0.2) is 53.2 Å². The highest BCUT2D eigenvalue weighted by atomic mass is 35.5. The fraction of sp³-hybridized carbons (Fsp3) is 0.800. The molecule has 0 N–H and O–H groups in total. The predicted octanol–water partition coefficient (Wildman–Crippen LogP) is 0.694. The first-order chi connectivity index (χ1) is 6.91. The summed E-state index contributed by atoms with van der Waals surface area (Å²) in [4.78, 5) is 26.9. The number of alkyl halides is 1. The molecule has 1 aliphatic heterocycles. The minimum atomic E-state index is -0.740. The second kappa shape index (κ2) is 4.39. The Bertz CT molecular complexity index is 279. The van der Waals surface area contributed by atoms with E-state index in [4.69, 9.17) is 11.6 Å². The van der Waals surface area contributed by atoms with Crippen molar-refractivity contribution in [2.75, 3.05) is 26.0 Å². The number of nitrogens with zero attached hydrogens (tertiary/aromatic N) is 2. The lowest BCUT2D eigenvalue weighted by molar-refractivity contribution is -0.157. The molecule has 1 aliphatic rings. The van der Waals surface area contributed by atoms with Gasteiger partial charge in [-0.2, -0.15) is 0 Å². The molecule has 86 valence electrons. The lowest BCUT2D eigenvalue weighted by atomic mass is 9.97. The largest absolute Gasteiger partial charge is 0.342 e. The van der Waals surface area contributed by atoms with Gasteiger partial charge in [-0.15, -0.1) is 11.6 Å². The summed E-state index contributed by atoms with van der Waals surface area (Å²) in [5.41, 5.74) is -0.740. The van der Waals surface area contributed by atoms with E-state index in [0.29, 0.717) is 25.4 Å². The molecule has 0 aliphatic carbocycles. The first-order valence-electron chi connectivity index (χ1n) is 5.03. The van der Waals surface area contributed by atoms with Crippen molar-refractivity contribution in [2.45, 2.75) is 25.8 Å². The third-order valence-electron chi connectivity index (χ3n) is 2.81. The van der Waals surface area contributed by atoms with Crippen molar-refractivity contribution in [3.8, 4) is 0 Å². The molecular weight excluding hydrogens is 216 g/mol. The summed E-state index contributed by atoms with van der Waals surface area (Å²) in [6, 6.07) is 0. The third-order valence-corrected chi connectivity index (χ3v) is 3.00. The molecule has 0 bridgehead atoms. The zero-order valence-corrected chi connectivity index (χ0v) is 10.2. The maximum atomic E-state index is 11.9. The van der Waals surface area contributed by atoms with Gasteiger partial charge in [0.1, 0.15) is 5.54 Å². The second-order valence-electron chi connectivity index (χ2n) is 4.27. The van der Waals surface area contributed by atoms with Gasteiger partial charge in [0, 0.05) is 32.4 Å². The molecule has 1 saturated heterocycles. The van der Waals surface area contributed by atoms with Crippen molar-refractivity contribution >= 4 is 23.4 Å². The quantitative estimate of drug-likeness (QED) is 0.658. The van der Waals surface area contributed by atoms with Crippen LogP contribution < -0.4 is 0 Å². The highest BCUT2D eigenvalue weighted by Crippen LogP contribution is 2.22. The van der Waals surface area contributed by atoms with Crippen molar-refractivity contribution in [2.24, 2.45) is 0 Å². The van der Waals surface area contributed by atoms with Gasteiger partial charge in [0.15, 0.2) is 0 Å². The SMILES string of the molecule is CN1CCN(C(=O)CCCl)C(C)(C)C1=O. The van der Waals surface area contributed by atoms with Crippen molar-refractivity contribution in [1.82, 2.24) is 9.80 Å². The summed E-state index contributed by atoms with van der Waals surface area (Å²) in [6.45, 7) is 4.73. The van der Waals surface area contributed by atoms with Crippen LogP contribution in [0.15, 0.2) is 0 Å². The molecule has 1 rings (SSSR count). The molecule has 0 spiro atoms. The highest BCUT2D eigenvalue weighted by molar-refractivity contribution is 6.19. The lowest BCUT2D eigenvalue weighted by Crippen LogP contribution is -2.63. The first-order valence-corrected chi connectivity index (χ1v) is 5.56. The second-order valence-corrected chi connectivity index (χ2v) is 4.65. The summed E-state index contributed by atoms with van der Waals surface area (Å²) in [7, 11) is 1.76. The van der Waals surface area contributed by atoms with Crippen molar-refractivity contribution in [3.05, 3.63) is 0 Å². The van der Waals surface area contributed by atoms with E-state index in [-0.39, 0.29) is 11.8 Å². The third kappa shape index (κ3) is 2.25. The zero-order valence-electron chi connectivity index (χ0n) is 9.42. The van der Waals surface area contributed by atoms with Crippen LogP contribution in [-0.2, 0) is 9.59 Å². The molecule has 4 nitrogen and oxygen atoms in total. The molecule has 0 aromatic rings. The molecule has 0 saturated carbocycles. The number of carbonyl (C=O) groups excluding carboxylic acids is 2. The Hall–Kier alpha value is -0.770. The van der Waals surface area contributed by atoms with Crippen LogP contribution >= 0.6 is 11.6 Å². The van der Waals surface area contributed by atoms with E-state index >= 15 is 0 Å². The Morgan fingerprint density at radius 3 is 2.60 bits per heavy atom. The van der Waals surface area contributed by atoms with Gasteiger partial charge in [-0.3, -0.25) is 9.59 Å².